The minimum absolute atomic E-state index is 0.290. The van der Waals surface area contributed by atoms with Crippen molar-refractivity contribution in [2.45, 2.75) is 45.1 Å². The topological polar surface area (TPSA) is 56.2 Å². The minimum Gasteiger partial charge on any atom is -0.485 e. The molecule has 6 nitrogen and oxygen atoms in total. The SMILES string of the molecule is CCCCN(CCN(C)C)c1cc(C(=O)O)cc(SN(CC)CC)c1OCc1ccccc1. The van der Waals surface area contributed by atoms with Gasteiger partial charge in [0.15, 0.2) is 5.75 Å². The van der Waals surface area contributed by atoms with Gasteiger partial charge in [-0.2, -0.15) is 0 Å². The van der Waals surface area contributed by atoms with Crippen molar-refractivity contribution >= 4 is 23.6 Å². The standard InChI is InChI=1S/C26H39N3O3S/c1-6-9-15-28(17-16-27(4)5)23-18-22(26(30)31)19-24(33-29(7-2)8-3)25(23)32-20-21-13-11-10-12-14-21/h10-14,18-19H,6-9,15-17,20H2,1-5H3,(H,30,31). The number of likely N-dealkylation sites (N-methyl/N-ethyl adjacent to an activating group) is 1. The molecule has 2 rings (SSSR count). The Bertz CT molecular complexity index is 857. The zero-order valence-electron chi connectivity index (χ0n) is 20.7. The van der Waals surface area contributed by atoms with Crippen LogP contribution in [0.15, 0.2) is 47.4 Å². The molecule has 0 fully saturated rings. The predicted molar refractivity (Wildman–Crippen MR) is 139 cm³/mol. The maximum Gasteiger partial charge on any atom is 0.335 e. The van der Waals surface area contributed by atoms with E-state index < -0.39 is 5.97 Å². The van der Waals surface area contributed by atoms with Gasteiger partial charge in [-0.15, -0.1) is 0 Å². The van der Waals surface area contributed by atoms with Crippen LogP contribution in [0.2, 0.25) is 0 Å². The van der Waals surface area contributed by atoms with E-state index in [0.717, 1.165) is 67.5 Å². The van der Waals surface area contributed by atoms with E-state index >= 15 is 0 Å². The first-order valence-electron chi connectivity index (χ1n) is 11.8. The van der Waals surface area contributed by atoms with Gasteiger partial charge in [0.2, 0.25) is 0 Å². The second kappa shape index (κ2) is 14.1. The molecule has 0 amide bonds. The average Bonchev–Trinajstić information content (AvgIpc) is 2.81. The lowest BCUT2D eigenvalue weighted by Crippen LogP contribution is -2.33. The molecule has 0 aliphatic rings. The Morgan fingerprint density at radius 1 is 1.00 bits per heavy atom. The molecule has 0 aliphatic carbocycles. The molecule has 7 heteroatoms. The molecule has 0 saturated carbocycles. The molecule has 0 aromatic heterocycles. The summed E-state index contributed by atoms with van der Waals surface area (Å²) in [5, 5.41) is 9.87. The van der Waals surface area contributed by atoms with E-state index in [9.17, 15) is 9.90 Å². The Kier molecular flexibility index (Phi) is 11.6. The monoisotopic (exact) mass is 473 g/mol. The average molecular weight is 474 g/mol. The summed E-state index contributed by atoms with van der Waals surface area (Å²) in [4.78, 5) is 17.3. The minimum atomic E-state index is -0.921. The zero-order chi connectivity index (χ0) is 24.2. The first kappa shape index (κ1) is 27.0. The lowest BCUT2D eigenvalue weighted by Gasteiger charge is -2.30. The summed E-state index contributed by atoms with van der Waals surface area (Å²) in [6.45, 7) is 11.0. The molecule has 0 bridgehead atoms. The van der Waals surface area contributed by atoms with Gasteiger partial charge in [-0.1, -0.05) is 57.5 Å². The van der Waals surface area contributed by atoms with E-state index in [0.29, 0.717) is 6.61 Å². The van der Waals surface area contributed by atoms with Crippen molar-refractivity contribution in [3.63, 3.8) is 0 Å². The summed E-state index contributed by atoms with van der Waals surface area (Å²) >= 11 is 1.57. The molecule has 0 radical (unpaired) electrons. The van der Waals surface area contributed by atoms with Crippen LogP contribution in [0.5, 0.6) is 5.75 Å². The highest BCUT2D eigenvalue weighted by molar-refractivity contribution is 7.97. The van der Waals surface area contributed by atoms with Crippen LogP contribution >= 0.6 is 11.9 Å². The van der Waals surface area contributed by atoms with Gasteiger partial charge in [0.05, 0.1) is 16.1 Å². The maximum atomic E-state index is 12.0. The van der Waals surface area contributed by atoms with Crippen LogP contribution < -0.4 is 9.64 Å². The predicted octanol–water partition coefficient (Wildman–Crippen LogP) is 5.48. The van der Waals surface area contributed by atoms with Crippen molar-refractivity contribution in [1.82, 2.24) is 9.21 Å². The quantitative estimate of drug-likeness (QED) is 0.344. The number of hydrogen-bond donors (Lipinski definition) is 1. The second-order valence-corrected chi connectivity index (χ2v) is 9.39. The number of anilines is 1. The van der Waals surface area contributed by atoms with Gasteiger partial charge >= 0.3 is 5.97 Å². The Morgan fingerprint density at radius 3 is 2.27 bits per heavy atom. The molecule has 2 aromatic carbocycles. The Morgan fingerprint density at radius 2 is 1.70 bits per heavy atom. The van der Waals surface area contributed by atoms with Crippen LogP contribution in [0.3, 0.4) is 0 Å². The van der Waals surface area contributed by atoms with Gasteiger partial charge in [-0.3, -0.25) is 0 Å². The molecular weight excluding hydrogens is 434 g/mol. The van der Waals surface area contributed by atoms with Crippen molar-refractivity contribution in [2.24, 2.45) is 0 Å². The van der Waals surface area contributed by atoms with Crippen molar-refractivity contribution in [3.05, 3.63) is 53.6 Å². The fourth-order valence-corrected chi connectivity index (χ4v) is 4.37. The molecule has 2 aromatic rings. The molecule has 182 valence electrons. The largest absolute Gasteiger partial charge is 0.485 e. The van der Waals surface area contributed by atoms with E-state index in [-0.39, 0.29) is 5.56 Å². The lowest BCUT2D eigenvalue weighted by molar-refractivity contribution is 0.0696. The van der Waals surface area contributed by atoms with Gasteiger partial charge in [-0.05, 0) is 50.2 Å². The molecule has 0 heterocycles. The van der Waals surface area contributed by atoms with Crippen LogP contribution in [0, 0.1) is 0 Å². The van der Waals surface area contributed by atoms with E-state index in [1.807, 2.05) is 30.3 Å². The molecule has 1 N–H and O–H groups in total. The number of unbranched alkanes of at least 4 members (excludes halogenated alkanes) is 1. The molecule has 0 aliphatic heterocycles. The number of carboxylic acid groups (broad SMARTS) is 1. The Hall–Kier alpha value is -2.22. The second-order valence-electron chi connectivity index (χ2n) is 8.25. The normalized spacial score (nSPS) is 11.2. The lowest BCUT2D eigenvalue weighted by atomic mass is 10.1. The van der Waals surface area contributed by atoms with Crippen molar-refractivity contribution in [3.8, 4) is 5.75 Å². The highest BCUT2D eigenvalue weighted by Crippen LogP contribution is 2.41. The molecule has 0 unspecified atom stereocenters. The third-order valence-electron chi connectivity index (χ3n) is 5.38. The third kappa shape index (κ3) is 8.57. The van der Waals surface area contributed by atoms with E-state index in [2.05, 4.69) is 49.0 Å². The number of carbonyl (C=O) groups is 1. The number of hydrogen-bond acceptors (Lipinski definition) is 6. The van der Waals surface area contributed by atoms with Crippen LogP contribution in [-0.4, -0.2) is 67.1 Å². The highest BCUT2D eigenvalue weighted by atomic mass is 32.2. The van der Waals surface area contributed by atoms with Crippen molar-refractivity contribution in [1.29, 1.82) is 0 Å². The highest BCUT2D eigenvalue weighted by Gasteiger charge is 2.22. The summed E-state index contributed by atoms with van der Waals surface area (Å²) in [6, 6.07) is 13.6. The number of carboxylic acids is 1. The van der Waals surface area contributed by atoms with E-state index in [1.165, 1.54) is 0 Å². The van der Waals surface area contributed by atoms with Gasteiger partial charge in [0.1, 0.15) is 6.61 Å². The van der Waals surface area contributed by atoms with Gasteiger partial charge in [0, 0.05) is 32.7 Å². The molecular formula is C26H39N3O3S. The van der Waals surface area contributed by atoms with Gasteiger partial charge < -0.3 is 19.6 Å². The molecule has 0 saturated heterocycles. The summed E-state index contributed by atoms with van der Waals surface area (Å²) in [7, 11) is 4.11. The van der Waals surface area contributed by atoms with E-state index in [1.54, 1.807) is 24.1 Å². The summed E-state index contributed by atoms with van der Waals surface area (Å²) < 4.78 is 8.66. The summed E-state index contributed by atoms with van der Waals surface area (Å²) in [6.07, 6.45) is 2.10. The fourth-order valence-electron chi connectivity index (χ4n) is 3.40. The first-order valence-corrected chi connectivity index (χ1v) is 12.6. The fraction of sp³-hybridized carbons (Fsp3) is 0.500. The number of ether oxygens (including phenoxy) is 1. The summed E-state index contributed by atoms with van der Waals surface area (Å²) in [5.41, 5.74) is 2.23. The van der Waals surface area contributed by atoms with Crippen LogP contribution in [0.1, 0.15) is 49.5 Å². The van der Waals surface area contributed by atoms with Crippen LogP contribution in [-0.2, 0) is 6.61 Å². The first-order chi connectivity index (χ1) is 15.9. The third-order valence-corrected chi connectivity index (χ3v) is 6.66. The van der Waals surface area contributed by atoms with Crippen molar-refractivity contribution < 1.29 is 14.6 Å². The van der Waals surface area contributed by atoms with E-state index in [4.69, 9.17) is 4.74 Å². The van der Waals surface area contributed by atoms with Crippen LogP contribution in [0.25, 0.3) is 0 Å². The zero-order valence-corrected chi connectivity index (χ0v) is 21.5. The maximum absolute atomic E-state index is 12.0. The number of rotatable bonds is 15. The van der Waals surface area contributed by atoms with Crippen LogP contribution in [0.4, 0.5) is 5.69 Å². The number of benzene rings is 2. The number of aromatic carboxylic acids is 1. The molecule has 33 heavy (non-hydrogen) atoms. The van der Waals surface area contributed by atoms with Gasteiger partial charge in [0.25, 0.3) is 0 Å². The molecule has 0 spiro atoms. The number of nitrogens with zero attached hydrogens (tertiary/aromatic N) is 3. The van der Waals surface area contributed by atoms with Gasteiger partial charge in [-0.25, -0.2) is 9.10 Å². The van der Waals surface area contributed by atoms with Crippen molar-refractivity contribution in [2.75, 3.05) is 51.7 Å². The summed E-state index contributed by atoms with van der Waals surface area (Å²) in [5.74, 6) is -0.161. The Labute approximate surface area is 203 Å². The molecule has 0 atom stereocenters. The Balaban J connectivity index is 2.56. The smallest absolute Gasteiger partial charge is 0.335 e.